The van der Waals surface area contributed by atoms with Crippen LogP contribution in [-0.2, 0) is 29.1 Å². The lowest BCUT2D eigenvalue weighted by Gasteiger charge is -2.13. The Kier molecular flexibility index (Phi) is 7.53. The number of hydrogen-bond donors (Lipinski definition) is 2. The van der Waals surface area contributed by atoms with E-state index < -0.39 is 11.2 Å². The Labute approximate surface area is 183 Å². The van der Waals surface area contributed by atoms with Gasteiger partial charge in [-0.3, -0.25) is 14.2 Å². The highest BCUT2D eigenvalue weighted by atomic mass is 35.5. The van der Waals surface area contributed by atoms with Gasteiger partial charge in [0.25, 0.3) is 0 Å². The summed E-state index contributed by atoms with van der Waals surface area (Å²) >= 11 is 7.42. The van der Waals surface area contributed by atoms with Gasteiger partial charge in [0, 0.05) is 24.4 Å². The number of nitrogens with one attached hydrogen (secondary N) is 1. The van der Waals surface area contributed by atoms with Crippen LogP contribution in [0.1, 0.15) is 30.5 Å². The van der Waals surface area contributed by atoms with Gasteiger partial charge in [-0.1, -0.05) is 41.6 Å². The molecular formula is C20H22ClN5O3S. The van der Waals surface area contributed by atoms with Crippen molar-refractivity contribution in [1.82, 2.24) is 20.1 Å². The summed E-state index contributed by atoms with van der Waals surface area (Å²) in [5.74, 6) is 0.763. The molecule has 30 heavy (non-hydrogen) atoms. The third-order valence-corrected chi connectivity index (χ3v) is 5.79. The fraction of sp³-hybridized carbons (Fsp3) is 0.300. The number of thioether (sulfide) groups is 1. The van der Waals surface area contributed by atoms with Gasteiger partial charge < -0.3 is 15.5 Å². The van der Waals surface area contributed by atoms with Crippen LogP contribution in [0, 0.1) is 0 Å². The van der Waals surface area contributed by atoms with E-state index in [4.69, 9.17) is 21.8 Å². The number of carbonyl (C=O) groups is 2. The van der Waals surface area contributed by atoms with E-state index >= 15 is 0 Å². The van der Waals surface area contributed by atoms with Crippen LogP contribution in [0.15, 0.2) is 52.2 Å². The van der Waals surface area contributed by atoms with E-state index in [1.54, 1.807) is 25.3 Å². The number of benzene rings is 1. The first-order valence-corrected chi connectivity index (χ1v) is 10.6. The minimum absolute atomic E-state index is 0.147. The highest BCUT2D eigenvalue weighted by Crippen LogP contribution is 2.24. The summed E-state index contributed by atoms with van der Waals surface area (Å²) in [6.07, 6.45) is 2.10. The van der Waals surface area contributed by atoms with Crippen LogP contribution in [-0.4, -0.2) is 31.8 Å². The highest BCUT2D eigenvalue weighted by Gasteiger charge is 2.21. The summed E-state index contributed by atoms with van der Waals surface area (Å²) in [7, 11) is 0. The molecule has 0 fully saturated rings. The number of nitrogens with two attached hydrogens (primary N) is 1. The fourth-order valence-electron chi connectivity index (χ4n) is 2.72. The fourth-order valence-corrected chi connectivity index (χ4v) is 3.82. The van der Waals surface area contributed by atoms with E-state index in [1.807, 2.05) is 28.8 Å². The molecule has 0 radical (unpaired) electrons. The number of nitrogens with zero attached hydrogens (tertiary/aromatic N) is 3. The second-order valence-electron chi connectivity index (χ2n) is 6.60. The van der Waals surface area contributed by atoms with Crippen molar-refractivity contribution in [3.05, 3.63) is 64.8 Å². The number of furan rings is 1. The van der Waals surface area contributed by atoms with Gasteiger partial charge in [-0.05, 0) is 30.7 Å². The van der Waals surface area contributed by atoms with Crippen molar-refractivity contribution in [2.45, 2.75) is 43.3 Å². The van der Waals surface area contributed by atoms with Crippen molar-refractivity contribution in [1.29, 1.82) is 0 Å². The predicted molar refractivity (Wildman–Crippen MR) is 114 cm³/mol. The number of primary amides is 1. The molecule has 2 heterocycles. The van der Waals surface area contributed by atoms with E-state index in [1.165, 1.54) is 11.8 Å². The average Bonchev–Trinajstić information content (AvgIpc) is 3.36. The smallest absolute Gasteiger partial charge is 0.233 e. The second kappa shape index (κ2) is 10.3. The van der Waals surface area contributed by atoms with Gasteiger partial charge in [0.2, 0.25) is 11.8 Å². The van der Waals surface area contributed by atoms with Gasteiger partial charge in [-0.2, -0.15) is 0 Å². The molecule has 2 amide bonds. The standard InChI is InChI=1S/C20H22ClN5O3S/c1-13(19(28)23-11-14-5-2-3-7-16(14)21)30-20-25-24-18(9-8-17(22)27)26(20)12-15-6-4-10-29-15/h2-7,10,13H,8-9,11-12H2,1H3,(H2,22,27)(H,23,28). The average molecular weight is 448 g/mol. The van der Waals surface area contributed by atoms with Crippen molar-refractivity contribution < 1.29 is 14.0 Å². The lowest BCUT2D eigenvalue weighted by atomic mass is 10.2. The van der Waals surface area contributed by atoms with E-state index in [2.05, 4.69) is 15.5 Å². The number of aromatic nitrogens is 3. The Morgan fingerprint density at radius 2 is 2.07 bits per heavy atom. The Morgan fingerprint density at radius 3 is 2.77 bits per heavy atom. The number of halogens is 1. The minimum atomic E-state index is -0.420. The summed E-state index contributed by atoms with van der Waals surface area (Å²) < 4.78 is 7.26. The molecule has 1 atom stereocenters. The number of hydrogen-bond acceptors (Lipinski definition) is 6. The quantitative estimate of drug-likeness (QED) is 0.461. The minimum Gasteiger partial charge on any atom is -0.467 e. The zero-order valence-corrected chi connectivity index (χ0v) is 17.9. The molecule has 3 aromatic rings. The third-order valence-electron chi connectivity index (χ3n) is 4.34. The van der Waals surface area contributed by atoms with Crippen LogP contribution < -0.4 is 11.1 Å². The Bertz CT molecular complexity index is 1010. The topological polar surface area (TPSA) is 116 Å². The van der Waals surface area contributed by atoms with Gasteiger partial charge in [0.05, 0.1) is 18.1 Å². The molecule has 2 aromatic heterocycles. The van der Waals surface area contributed by atoms with Crippen molar-refractivity contribution in [3.63, 3.8) is 0 Å². The Hall–Kier alpha value is -2.78. The maximum Gasteiger partial charge on any atom is 0.233 e. The van der Waals surface area contributed by atoms with Crippen molar-refractivity contribution in [2.24, 2.45) is 5.73 Å². The van der Waals surface area contributed by atoms with E-state index in [-0.39, 0.29) is 12.3 Å². The molecular weight excluding hydrogens is 426 g/mol. The highest BCUT2D eigenvalue weighted by molar-refractivity contribution is 8.00. The zero-order valence-electron chi connectivity index (χ0n) is 16.4. The molecule has 0 aliphatic rings. The van der Waals surface area contributed by atoms with Gasteiger partial charge in [-0.15, -0.1) is 10.2 Å². The van der Waals surface area contributed by atoms with Gasteiger partial charge in [0.15, 0.2) is 5.16 Å². The molecule has 3 rings (SSSR count). The van der Waals surface area contributed by atoms with Gasteiger partial charge in [0.1, 0.15) is 11.6 Å². The molecule has 0 aliphatic heterocycles. The van der Waals surface area contributed by atoms with Gasteiger partial charge in [-0.25, -0.2) is 0 Å². The first-order chi connectivity index (χ1) is 14.4. The lowest BCUT2D eigenvalue weighted by molar-refractivity contribution is -0.120. The maximum atomic E-state index is 12.6. The zero-order chi connectivity index (χ0) is 21.5. The van der Waals surface area contributed by atoms with Crippen LogP contribution in [0.3, 0.4) is 0 Å². The molecule has 0 bridgehead atoms. The summed E-state index contributed by atoms with van der Waals surface area (Å²) in [5, 5.41) is 12.0. The Morgan fingerprint density at radius 1 is 1.27 bits per heavy atom. The molecule has 0 saturated carbocycles. The van der Waals surface area contributed by atoms with Crippen LogP contribution >= 0.6 is 23.4 Å². The number of amides is 2. The molecule has 158 valence electrons. The predicted octanol–water partition coefficient (Wildman–Crippen LogP) is 2.79. The lowest BCUT2D eigenvalue weighted by Crippen LogP contribution is -2.30. The van der Waals surface area contributed by atoms with Crippen LogP contribution in [0.5, 0.6) is 0 Å². The summed E-state index contributed by atoms with van der Waals surface area (Å²) in [6, 6.07) is 11.0. The molecule has 0 spiro atoms. The maximum absolute atomic E-state index is 12.6. The van der Waals surface area contributed by atoms with Gasteiger partial charge >= 0.3 is 0 Å². The number of aryl methyl sites for hydroxylation is 1. The van der Waals surface area contributed by atoms with Crippen molar-refractivity contribution in [3.8, 4) is 0 Å². The Balaban J connectivity index is 1.68. The molecule has 8 nitrogen and oxygen atoms in total. The van der Waals surface area contributed by atoms with Crippen LogP contribution in [0.2, 0.25) is 5.02 Å². The third kappa shape index (κ3) is 5.87. The second-order valence-corrected chi connectivity index (χ2v) is 8.32. The number of carbonyl (C=O) groups excluding carboxylic acids is 2. The first kappa shape index (κ1) is 21.9. The van der Waals surface area contributed by atoms with Crippen molar-refractivity contribution in [2.75, 3.05) is 0 Å². The SMILES string of the molecule is CC(Sc1nnc(CCC(N)=O)n1Cc1ccco1)C(=O)NCc1ccccc1Cl. The molecule has 1 aromatic carbocycles. The molecule has 10 heteroatoms. The van der Waals surface area contributed by atoms with E-state index in [0.29, 0.717) is 41.3 Å². The summed E-state index contributed by atoms with van der Waals surface area (Å²) in [4.78, 5) is 23.7. The molecule has 0 saturated heterocycles. The normalized spacial score (nSPS) is 11.9. The molecule has 0 aliphatic carbocycles. The van der Waals surface area contributed by atoms with Crippen LogP contribution in [0.4, 0.5) is 0 Å². The molecule has 3 N–H and O–H groups in total. The molecule has 1 unspecified atom stereocenters. The van der Waals surface area contributed by atoms with E-state index in [9.17, 15) is 9.59 Å². The summed E-state index contributed by atoms with van der Waals surface area (Å²) in [5.41, 5.74) is 6.11. The van der Waals surface area contributed by atoms with Crippen molar-refractivity contribution >= 4 is 35.2 Å². The first-order valence-electron chi connectivity index (χ1n) is 9.34. The number of rotatable bonds is 10. The monoisotopic (exact) mass is 447 g/mol. The summed E-state index contributed by atoms with van der Waals surface area (Å²) in [6.45, 7) is 2.53. The largest absolute Gasteiger partial charge is 0.467 e. The van der Waals surface area contributed by atoms with Crippen LogP contribution in [0.25, 0.3) is 0 Å². The van der Waals surface area contributed by atoms with E-state index in [0.717, 1.165) is 5.56 Å².